The van der Waals surface area contributed by atoms with Crippen molar-refractivity contribution >= 4 is 5.97 Å². The number of carbonyl (C=O) groups excluding carboxylic acids is 1. The number of benzene rings is 1. The van der Waals surface area contributed by atoms with Gasteiger partial charge in [0.15, 0.2) is 0 Å². The van der Waals surface area contributed by atoms with E-state index in [0.29, 0.717) is 12.0 Å². The lowest BCUT2D eigenvalue weighted by molar-refractivity contribution is -0.156. The fourth-order valence-electron chi connectivity index (χ4n) is 3.98. The number of fused-ring (bicyclic) bond motifs is 2. The van der Waals surface area contributed by atoms with Crippen molar-refractivity contribution in [1.29, 1.82) is 0 Å². The predicted octanol–water partition coefficient (Wildman–Crippen LogP) is 3.31. The smallest absolute Gasteiger partial charge is 0.320 e. The van der Waals surface area contributed by atoms with E-state index in [4.69, 9.17) is 4.74 Å². The van der Waals surface area contributed by atoms with Crippen LogP contribution in [0.25, 0.3) is 0 Å². The molecule has 1 saturated heterocycles. The lowest BCUT2D eigenvalue weighted by Crippen LogP contribution is -2.44. The number of rotatable bonds is 2. The van der Waals surface area contributed by atoms with E-state index in [1.165, 1.54) is 18.4 Å². The molecule has 2 aliphatic rings. The molecule has 120 valence electrons. The van der Waals surface area contributed by atoms with Crippen LogP contribution in [0.2, 0.25) is 0 Å². The summed E-state index contributed by atoms with van der Waals surface area (Å²) in [5, 5.41) is 0. The summed E-state index contributed by atoms with van der Waals surface area (Å²) in [5.41, 5.74) is 3.06. The minimum Gasteiger partial charge on any atom is -0.459 e. The first-order chi connectivity index (χ1) is 10.4. The Morgan fingerprint density at radius 2 is 1.86 bits per heavy atom. The fourth-order valence-corrected chi connectivity index (χ4v) is 3.98. The van der Waals surface area contributed by atoms with Crippen molar-refractivity contribution < 1.29 is 9.53 Å². The molecule has 0 radical (unpaired) electrons. The zero-order valence-corrected chi connectivity index (χ0v) is 14.0. The highest BCUT2D eigenvalue weighted by atomic mass is 16.6. The number of carbonyl (C=O) groups is 1. The maximum Gasteiger partial charge on any atom is 0.320 e. The minimum atomic E-state index is -0.390. The largest absolute Gasteiger partial charge is 0.459 e. The van der Waals surface area contributed by atoms with E-state index in [1.54, 1.807) is 5.56 Å². The maximum absolute atomic E-state index is 12.0. The summed E-state index contributed by atoms with van der Waals surface area (Å²) in [6.07, 6.45) is 4.80. The molecular formula is C19H27NO2. The molecule has 3 rings (SSSR count). The van der Waals surface area contributed by atoms with E-state index < -0.39 is 5.60 Å². The molecule has 3 heteroatoms. The molecule has 1 aromatic rings. The molecule has 0 bridgehead atoms. The number of hydrogen-bond acceptors (Lipinski definition) is 3. The highest BCUT2D eigenvalue weighted by molar-refractivity contribution is 5.72. The number of piperidine rings is 1. The number of hydrogen-bond donors (Lipinski definition) is 0. The quantitative estimate of drug-likeness (QED) is 0.785. The second-order valence-corrected chi connectivity index (χ2v) is 7.80. The molecule has 0 N–H and O–H groups in total. The van der Waals surface area contributed by atoms with Gasteiger partial charge in [-0.1, -0.05) is 24.3 Å². The van der Waals surface area contributed by atoms with Crippen molar-refractivity contribution in [2.75, 3.05) is 19.6 Å². The molecule has 0 saturated carbocycles. The second kappa shape index (κ2) is 5.69. The molecular weight excluding hydrogens is 274 g/mol. The van der Waals surface area contributed by atoms with Crippen LogP contribution in [-0.2, 0) is 21.4 Å². The first kappa shape index (κ1) is 15.5. The van der Waals surface area contributed by atoms with Crippen molar-refractivity contribution in [2.45, 2.75) is 57.5 Å². The van der Waals surface area contributed by atoms with Crippen LogP contribution in [0.5, 0.6) is 0 Å². The zero-order valence-electron chi connectivity index (χ0n) is 14.0. The Balaban J connectivity index is 1.59. The van der Waals surface area contributed by atoms with E-state index in [0.717, 1.165) is 25.9 Å². The molecule has 0 amide bonds. The van der Waals surface area contributed by atoms with Gasteiger partial charge in [-0.2, -0.15) is 0 Å². The van der Waals surface area contributed by atoms with Crippen molar-refractivity contribution in [3.8, 4) is 0 Å². The number of esters is 1. The lowest BCUT2D eigenvalue weighted by Gasteiger charge is -2.40. The Labute approximate surface area is 133 Å². The minimum absolute atomic E-state index is 0.102. The number of aryl methyl sites for hydroxylation is 1. The summed E-state index contributed by atoms with van der Waals surface area (Å²) in [4.78, 5) is 14.2. The first-order valence-corrected chi connectivity index (χ1v) is 8.41. The molecule has 0 unspecified atom stereocenters. The van der Waals surface area contributed by atoms with Crippen LogP contribution in [0.1, 0.15) is 51.2 Å². The second-order valence-electron chi connectivity index (χ2n) is 7.80. The van der Waals surface area contributed by atoms with Crippen LogP contribution in [0.3, 0.4) is 0 Å². The Morgan fingerprint density at radius 1 is 1.18 bits per heavy atom. The van der Waals surface area contributed by atoms with Gasteiger partial charge in [0.05, 0.1) is 6.54 Å². The topological polar surface area (TPSA) is 29.5 Å². The van der Waals surface area contributed by atoms with Crippen LogP contribution < -0.4 is 0 Å². The van der Waals surface area contributed by atoms with Gasteiger partial charge in [-0.15, -0.1) is 0 Å². The van der Waals surface area contributed by atoms with Crippen LogP contribution >= 0.6 is 0 Å². The lowest BCUT2D eigenvalue weighted by atomic mass is 9.74. The highest BCUT2D eigenvalue weighted by Crippen LogP contribution is 2.45. The summed E-state index contributed by atoms with van der Waals surface area (Å²) in [6.45, 7) is 8.18. The Bertz CT molecular complexity index is 551. The summed E-state index contributed by atoms with van der Waals surface area (Å²) < 4.78 is 5.43. The van der Waals surface area contributed by atoms with E-state index in [-0.39, 0.29) is 5.97 Å². The third-order valence-corrected chi connectivity index (χ3v) is 5.05. The number of ether oxygens (including phenoxy) is 1. The third kappa shape index (κ3) is 3.19. The molecule has 22 heavy (non-hydrogen) atoms. The van der Waals surface area contributed by atoms with Crippen LogP contribution in [0.15, 0.2) is 24.3 Å². The van der Waals surface area contributed by atoms with Gasteiger partial charge in [0.25, 0.3) is 0 Å². The Kier molecular flexibility index (Phi) is 4.02. The van der Waals surface area contributed by atoms with Crippen LogP contribution in [0, 0.1) is 0 Å². The molecule has 1 aliphatic heterocycles. The molecule has 0 aromatic heterocycles. The highest BCUT2D eigenvalue weighted by Gasteiger charge is 2.41. The van der Waals surface area contributed by atoms with Crippen molar-refractivity contribution in [3.05, 3.63) is 35.4 Å². The van der Waals surface area contributed by atoms with Gasteiger partial charge in [0.1, 0.15) is 5.60 Å². The van der Waals surface area contributed by atoms with Gasteiger partial charge < -0.3 is 4.74 Å². The number of likely N-dealkylation sites (tertiary alicyclic amines) is 1. The van der Waals surface area contributed by atoms with Gasteiger partial charge in [0, 0.05) is 0 Å². The van der Waals surface area contributed by atoms with E-state index >= 15 is 0 Å². The number of nitrogens with zero attached hydrogens (tertiary/aromatic N) is 1. The monoisotopic (exact) mass is 301 g/mol. The van der Waals surface area contributed by atoms with Crippen molar-refractivity contribution in [2.24, 2.45) is 0 Å². The van der Waals surface area contributed by atoms with Crippen LogP contribution in [-0.4, -0.2) is 36.1 Å². The molecule has 3 nitrogen and oxygen atoms in total. The summed E-state index contributed by atoms with van der Waals surface area (Å²) in [7, 11) is 0. The molecule has 0 atom stereocenters. The Hall–Kier alpha value is -1.35. The van der Waals surface area contributed by atoms with Gasteiger partial charge in [-0.25, -0.2) is 0 Å². The molecule has 1 aliphatic carbocycles. The summed E-state index contributed by atoms with van der Waals surface area (Å²) >= 11 is 0. The third-order valence-electron chi connectivity index (χ3n) is 5.05. The van der Waals surface area contributed by atoms with Crippen LogP contribution in [0.4, 0.5) is 0 Å². The summed E-state index contributed by atoms with van der Waals surface area (Å²) in [5.74, 6) is -0.102. The maximum atomic E-state index is 12.0. The molecule has 1 spiro atoms. The normalized spacial score (nSPS) is 20.9. The zero-order chi connectivity index (χ0) is 15.8. The van der Waals surface area contributed by atoms with Gasteiger partial charge >= 0.3 is 5.97 Å². The predicted molar refractivity (Wildman–Crippen MR) is 88.0 cm³/mol. The molecule has 1 fully saturated rings. The van der Waals surface area contributed by atoms with E-state index in [1.807, 2.05) is 20.8 Å². The standard InChI is InChI=1S/C19H27NO2/c1-18(2,3)22-17(21)14-20-12-10-19(11-13-20)9-8-15-6-4-5-7-16(15)19/h4-7H,8-14H2,1-3H3. The molecule has 1 aromatic carbocycles. The van der Waals surface area contributed by atoms with Gasteiger partial charge in [-0.3, -0.25) is 9.69 Å². The van der Waals surface area contributed by atoms with Crippen molar-refractivity contribution in [1.82, 2.24) is 4.90 Å². The van der Waals surface area contributed by atoms with Crippen molar-refractivity contribution in [3.63, 3.8) is 0 Å². The average Bonchev–Trinajstić information content (AvgIpc) is 2.79. The van der Waals surface area contributed by atoms with Gasteiger partial charge in [-0.05, 0) is 76.1 Å². The Morgan fingerprint density at radius 3 is 2.55 bits per heavy atom. The SMILES string of the molecule is CC(C)(C)OC(=O)CN1CCC2(CCc3ccccc32)CC1. The summed E-state index contributed by atoms with van der Waals surface area (Å²) in [6, 6.07) is 8.90. The average molecular weight is 301 g/mol. The van der Waals surface area contributed by atoms with E-state index in [9.17, 15) is 4.79 Å². The van der Waals surface area contributed by atoms with Gasteiger partial charge in [0.2, 0.25) is 0 Å². The molecule has 1 heterocycles. The first-order valence-electron chi connectivity index (χ1n) is 8.41. The fraction of sp³-hybridized carbons (Fsp3) is 0.632. The van der Waals surface area contributed by atoms with E-state index in [2.05, 4.69) is 29.2 Å².